The molecule has 0 radical (unpaired) electrons. The van der Waals surface area contributed by atoms with E-state index in [9.17, 15) is 13.2 Å². The largest absolute Gasteiger partial charge is 0.457 e. The van der Waals surface area contributed by atoms with E-state index in [1.807, 2.05) is 30.3 Å². The van der Waals surface area contributed by atoms with E-state index in [1.165, 1.54) is 16.4 Å². The summed E-state index contributed by atoms with van der Waals surface area (Å²) in [5.74, 6) is 1.03. The summed E-state index contributed by atoms with van der Waals surface area (Å²) >= 11 is 0. The lowest BCUT2D eigenvalue weighted by Gasteiger charge is -2.36. The van der Waals surface area contributed by atoms with Crippen LogP contribution in [0, 0.1) is 0 Å². The van der Waals surface area contributed by atoms with Crippen LogP contribution in [-0.4, -0.2) is 49.7 Å². The van der Waals surface area contributed by atoms with Crippen molar-refractivity contribution in [2.75, 3.05) is 20.1 Å². The van der Waals surface area contributed by atoms with E-state index in [4.69, 9.17) is 4.74 Å². The molecule has 2 aromatic rings. The normalized spacial score (nSPS) is 19.0. The Hall–Kier alpha value is -2.38. The molecule has 1 aliphatic heterocycles. The quantitative estimate of drug-likeness (QED) is 0.839. The predicted molar refractivity (Wildman–Crippen MR) is 93.9 cm³/mol. The van der Waals surface area contributed by atoms with Crippen LogP contribution in [0.5, 0.6) is 11.5 Å². The van der Waals surface area contributed by atoms with E-state index in [-0.39, 0.29) is 17.3 Å². The molecule has 0 saturated carbocycles. The number of benzene rings is 2. The minimum absolute atomic E-state index is 0.150. The van der Waals surface area contributed by atoms with Gasteiger partial charge in [-0.3, -0.25) is 4.79 Å². The van der Waals surface area contributed by atoms with Gasteiger partial charge in [0.2, 0.25) is 15.9 Å². The van der Waals surface area contributed by atoms with Crippen LogP contribution < -0.4 is 4.74 Å². The van der Waals surface area contributed by atoms with Gasteiger partial charge in [0.15, 0.2) is 0 Å². The van der Waals surface area contributed by atoms with Gasteiger partial charge in [0.05, 0.1) is 4.90 Å². The van der Waals surface area contributed by atoms with Gasteiger partial charge in [0, 0.05) is 20.1 Å². The highest BCUT2D eigenvalue weighted by Gasteiger charge is 2.37. The van der Waals surface area contributed by atoms with Crippen LogP contribution >= 0.6 is 0 Å². The number of nitrogens with zero attached hydrogens (tertiary/aromatic N) is 2. The van der Waals surface area contributed by atoms with Gasteiger partial charge in [0.25, 0.3) is 0 Å². The van der Waals surface area contributed by atoms with Gasteiger partial charge < -0.3 is 9.64 Å². The second-order valence-corrected chi connectivity index (χ2v) is 7.83. The minimum atomic E-state index is -3.73. The number of sulfonamides is 1. The van der Waals surface area contributed by atoms with Crippen molar-refractivity contribution in [3.63, 3.8) is 0 Å². The Morgan fingerprint density at radius 2 is 1.56 bits per heavy atom. The van der Waals surface area contributed by atoms with Crippen LogP contribution in [0.3, 0.4) is 0 Å². The van der Waals surface area contributed by atoms with Crippen molar-refractivity contribution in [2.24, 2.45) is 0 Å². The Labute approximate surface area is 147 Å². The van der Waals surface area contributed by atoms with E-state index >= 15 is 0 Å². The molecule has 1 fully saturated rings. The molecule has 1 saturated heterocycles. The van der Waals surface area contributed by atoms with Crippen molar-refractivity contribution < 1.29 is 17.9 Å². The summed E-state index contributed by atoms with van der Waals surface area (Å²) in [5.41, 5.74) is 0. The highest BCUT2D eigenvalue weighted by atomic mass is 32.2. The fourth-order valence-electron chi connectivity index (χ4n) is 2.76. The first-order valence-corrected chi connectivity index (χ1v) is 9.43. The Morgan fingerprint density at radius 1 is 0.960 bits per heavy atom. The second-order valence-electron chi connectivity index (χ2n) is 5.94. The molecule has 25 heavy (non-hydrogen) atoms. The van der Waals surface area contributed by atoms with Crippen molar-refractivity contribution >= 4 is 15.9 Å². The average Bonchev–Trinajstić information content (AvgIpc) is 2.61. The predicted octanol–water partition coefficient (Wildman–Crippen LogP) is 2.33. The van der Waals surface area contributed by atoms with Crippen molar-refractivity contribution in [3.8, 4) is 11.5 Å². The zero-order chi connectivity index (χ0) is 18.0. The van der Waals surface area contributed by atoms with Gasteiger partial charge in [0.1, 0.15) is 17.5 Å². The molecule has 1 unspecified atom stereocenters. The molecule has 6 nitrogen and oxygen atoms in total. The van der Waals surface area contributed by atoms with Crippen molar-refractivity contribution in [1.29, 1.82) is 0 Å². The second kappa shape index (κ2) is 6.85. The molecular weight excluding hydrogens is 340 g/mol. The van der Waals surface area contributed by atoms with Crippen molar-refractivity contribution in [3.05, 3.63) is 54.6 Å². The lowest BCUT2D eigenvalue weighted by molar-refractivity contribution is -0.136. The molecule has 3 rings (SSSR count). The van der Waals surface area contributed by atoms with Crippen LogP contribution in [0.25, 0.3) is 0 Å². The number of carbonyl (C=O) groups is 1. The summed E-state index contributed by atoms with van der Waals surface area (Å²) in [6, 6.07) is 14.8. The molecule has 0 spiro atoms. The summed E-state index contributed by atoms with van der Waals surface area (Å²) in [6.45, 7) is 2.29. The van der Waals surface area contributed by atoms with E-state index in [0.717, 1.165) is 0 Å². The number of hydrogen-bond acceptors (Lipinski definition) is 4. The highest BCUT2D eigenvalue weighted by Crippen LogP contribution is 2.26. The number of likely N-dealkylation sites (N-methyl/N-ethyl adjacent to an activating group) is 1. The van der Waals surface area contributed by atoms with Crippen molar-refractivity contribution in [1.82, 2.24) is 9.21 Å². The lowest BCUT2D eigenvalue weighted by Crippen LogP contribution is -2.56. The number of para-hydroxylation sites is 1. The Morgan fingerprint density at radius 3 is 2.20 bits per heavy atom. The number of ether oxygens (including phenoxy) is 1. The summed E-state index contributed by atoms with van der Waals surface area (Å²) in [4.78, 5) is 13.8. The van der Waals surface area contributed by atoms with Gasteiger partial charge in [-0.25, -0.2) is 8.42 Å². The Kier molecular flexibility index (Phi) is 4.78. The topological polar surface area (TPSA) is 66.9 Å². The Balaban J connectivity index is 1.80. The maximum absolute atomic E-state index is 12.8. The fourth-order valence-corrected chi connectivity index (χ4v) is 4.34. The third kappa shape index (κ3) is 3.52. The number of piperazine rings is 1. The molecular formula is C18H20N2O4S. The Bertz CT molecular complexity index is 850. The summed E-state index contributed by atoms with van der Waals surface area (Å²) in [5, 5.41) is 0. The van der Waals surface area contributed by atoms with Gasteiger partial charge in [-0.05, 0) is 43.3 Å². The van der Waals surface area contributed by atoms with Crippen molar-refractivity contribution in [2.45, 2.75) is 17.9 Å². The summed E-state index contributed by atoms with van der Waals surface area (Å²) in [6.07, 6.45) is 0. The minimum Gasteiger partial charge on any atom is -0.457 e. The van der Waals surface area contributed by atoms with Gasteiger partial charge in [-0.15, -0.1) is 0 Å². The third-order valence-corrected chi connectivity index (χ3v) is 6.21. The van der Waals surface area contributed by atoms with E-state index < -0.39 is 16.1 Å². The highest BCUT2D eigenvalue weighted by molar-refractivity contribution is 7.89. The zero-order valence-electron chi connectivity index (χ0n) is 14.1. The summed E-state index contributed by atoms with van der Waals surface area (Å²) in [7, 11) is -2.05. The molecule has 0 N–H and O–H groups in total. The summed E-state index contributed by atoms with van der Waals surface area (Å²) < 4.78 is 32.6. The van der Waals surface area contributed by atoms with Crippen LogP contribution in [0.2, 0.25) is 0 Å². The van der Waals surface area contributed by atoms with Gasteiger partial charge in [-0.1, -0.05) is 18.2 Å². The monoisotopic (exact) mass is 360 g/mol. The smallest absolute Gasteiger partial charge is 0.243 e. The fraction of sp³-hybridized carbons (Fsp3) is 0.278. The molecule has 1 heterocycles. The maximum atomic E-state index is 12.8. The van der Waals surface area contributed by atoms with Crippen LogP contribution in [-0.2, 0) is 14.8 Å². The first-order chi connectivity index (χ1) is 11.9. The number of amides is 1. The molecule has 0 bridgehead atoms. The van der Waals surface area contributed by atoms with Gasteiger partial charge in [-0.2, -0.15) is 4.31 Å². The number of carbonyl (C=O) groups excluding carboxylic acids is 1. The first kappa shape index (κ1) is 17.4. The third-order valence-electron chi connectivity index (χ3n) is 4.23. The van der Waals surface area contributed by atoms with E-state index in [2.05, 4.69) is 0 Å². The van der Waals surface area contributed by atoms with E-state index in [0.29, 0.717) is 18.0 Å². The number of rotatable bonds is 4. The maximum Gasteiger partial charge on any atom is 0.243 e. The zero-order valence-corrected chi connectivity index (χ0v) is 14.9. The average molecular weight is 360 g/mol. The molecule has 1 atom stereocenters. The first-order valence-electron chi connectivity index (χ1n) is 7.99. The molecule has 0 aromatic heterocycles. The van der Waals surface area contributed by atoms with Crippen LogP contribution in [0.1, 0.15) is 6.92 Å². The molecule has 0 aliphatic carbocycles. The molecule has 7 heteroatoms. The number of hydrogen-bond donors (Lipinski definition) is 0. The molecule has 132 valence electrons. The van der Waals surface area contributed by atoms with E-state index in [1.54, 1.807) is 31.0 Å². The molecule has 2 aromatic carbocycles. The molecule has 1 aliphatic rings. The van der Waals surface area contributed by atoms with Crippen LogP contribution in [0.15, 0.2) is 59.5 Å². The SMILES string of the molecule is CC1C(=O)N(C)CCN1S(=O)(=O)c1ccc(Oc2ccccc2)cc1. The van der Waals surface area contributed by atoms with Crippen LogP contribution in [0.4, 0.5) is 0 Å². The molecule has 1 amide bonds. The standard InChI is InChI=1S/C18H20N2O4S/c1-14-18(21)19(2)12-13-20(14)25(22,23)17-10-8-16(9-11-17)24-15-6-4-3-5-7-15/h3-11,14H,12-13H2,1-2H3. The lowest BCUT2D eigenvalue weighted by atomic mass is 10.2. The van der Waals surface area contributed by atoms with Gasteiger partial charge >= 0.3 is 0 Å².